The number of amides is 1. The fraction of sp³-hybridized carbons (Fsp3) is 0.941. The van der Waals surface area contributed by atoms with Crippen LogP contribution < -0.4 is 5.73 Å². The second kappa shape index (κ2) is 8.51. The monoisotopic (exact) mass is 329 g/mol. The number of hydrogen-bond donors (Lipinski definition) is 1. The molecular weight excluding hydrogens is 298 g/mol. The number of carbonyl (C=O) groups is 1. The molecule has 3 rings (SSSR count). The van der Waals surface area contributed by atoms with E-state index in [9.17, 15) is 4.79 Å². The molecule has 0 radical (unpaired) electrons. The van der Waals surface area contributed by atoms with Gasteiger partial charge >= 0.3 is 0 Å². The summed E-state index contributed by atoms with van der Waals surface area (Å²) in [6.45, 7) is 4.54. The molecular formula is C17H32ClN3O. The molecule has 2 saturated heterocycles. The van der Waals surface area contributed by atoms with Crippen molar-refractivity contribution in [2.75, 3.05) is 32.7 Å². The summed E-state index contributed by atoms with van der Waals surface area (Å²) in [6, 6.07) is 0.557. The number of fused-ring (bicyclic) bond motifs is 1. The van der Waals surface area contributed by atoms with Crippen LogP contribution in [0, 0.1) is 11.8 Å². The molecule has 1 amide bonds. The van der Waals surface area contributed by atoms with Gasteiger partial charge < -0.3 is 10.6 Å². The number of piperidine rings is 2. The molecule has 0 aromatic rings. The van der Waals surface area contributed by atoms with Crippen LogP contribution in [0.2, 0.25) is 0 Å². The predicted octanol–water partition coefficient (Wildman–Crippen LogP) is 2.26. The molecule has 3 fully saturated rings. The Morgan fingerprint density at radius 1 is 0.955 bits per heavy atom. The number of nitrogens with zero attached hydrogens (tertiary/aromatic N) is 2. The molecule has 0 bridgehead atoms. The highest BCUT2D eigenvalue weighted by Gasteiger charge is 2.36. The first-order valence-corrected chi connectivity index (χ1v) is 9.00. The first kappa shape index (κ1) is 18.0. The van der Waals surface area contributed by atoms with E-state index in [0.29, 0.717) is 24.4 Å². The second-order valence-electron chi connectivity index (χ2n) is 7.30. The third kappa shape index (κ3) is 4.15. The van der Waals surface area contributed by atoms with E-state index >= 15 is 0 Å². The molecule has 2 unspecified atom stereocenters. The maximum Gasteiger partial charge on any atom is 0.237 e. The van der Waals surface area contributed by atoms with Gasteiger partial charge in [-0.25, -0.2) is 0 Å². The van der Waals surface area contributed by atoms with E-state index in [4.69, 9.17) is 5.73 Å². The first-order valence-electron chi connectivity index (χ1n) is 9.00. The van der Waals surface area contributed by atoms with Gasteiger partial charge in [-0.05, 0) is 70.0 Å². The summed E-state index contributed by atoms with van der Waals surface area (Å²) in [5.74, 6) is 1.85. The predicted molar refractivity (Wildman–Crippen MR) is 92.2 cm³/mol. The standard InChI is InChI=1S/C17H31N3O.ClH/c18-12-14-7-10-19(11-8-14)13-17(21)20-9-3-5-15-4-1-2-6-16(15)20;/h14-16H,1-13,18H2;1H. The Kier molecular flexibility index (Phi) is 6.97. The Hall–Kier alpha value is -0.320. The van der Waals surface area contributed by atoms with Gasteiger partial charge in [0.1, 0.15) is 0 Å². The average molecular weight is 330 g/mol. The SMILES string of the molecule is Cl.NCC1CCN(CC(=O)N2CCCC3CCCCC32)CC1. The van der Waals surface area contributed by atoms with E-state index in [1.807, 2.05) is 0 Å². The minimum atomic E-state index is 0. The maximum atomic E-state index is 12.7. The summed E-state index contributed by atoms with van der Waals surface area (Å²) in [5.41, 5.74) is 5.75. The van der Waals surface area contributed by atoms with Crippen molar-refractivity contribution in [2.45, 2.75) is 57.4 Å². The summed E-state index contributed by atoms with van der Waals surface area (Å²) in [5, 5.41) is 0. The van der Waals surface area contributed by atoms with Crippen molar-refractivity contribution in [1.82, 2.24) is 9.80 Å². The molecule has 22 heavy (non-hydrogen) atoms. The quantitative estimate of drug-likeness (QED) is 0.864. The topological polar surface area (TPSA) is 49.6 Å². The number of rotatable bonds is 3. The molecule has 5 heteroatoms. The summed E-state index contributed by atoms with van der Waals surface area (Å²) in [4.78, 5) is 17.3. The highest BCUT2D eigenvalue weighted by atomic mass is 35.5. The number of halogens is 1. The number of nitrogens with two attached hydrogens (primary N) is 1. The van der Waals surface area contributed by atoms with E-state index < -0.39 is 0 Å². The number of carbonyl (C=O) groups excluding carboxylic acids is 1. The van der Waals surface area contributed by atoms with E-state index in [1.54, 1.807) is 0 Å². The van der Waals surface area contributed by atoms with Crippen LogP contribution in [-0.4, -0.2) is 54.5 Å². The first-order chi connectivity index (χ1) is 10.3. The minimum Gasteiger partial charge on any atom is -0.338 e. The molecule has 128 valence electrons. The number of hydrogen-bond acceptors (Lipinski definition) is 3. The van der Waals surface area contributed by atoms with Gasteiger partial charge in [-0.2, -0.15) is 0 Å². The van der Waals surface area contributed by atoms with Crippen molar-refractivity contribution in [3.63, 3.8) is 0 Å². The van der Waals surface area contributed by atoms with Gasteiger partial charge in [-0.3, -0.25) is 9.69 Å². The van der Waals surface area contributed by atoms with Gasteiger partial charge in [-0.1, -0.05) is 12.8 Å². The van der Waals surface area contributed by atoms with Gasteiger partial charge in [0, 0.05) is 12.6 Å². The van der Waals surface area contributed by atoms with E-state index in [-0.39, 0.29) is 12.4 Å². The smallest absolute Gasteiger partial charge is 0.237 e. The van der Waals surface area contributed by atoms with Gasteiger partial charge in [0.15, 0.2) is 0 Å². The molecule has 0 spiro atoms. The second-order valence-corrected chi connectivity index (χ2v) is 7.30. The Labute approximate surface area is 141 Å². The third-order valence-corrected chi connectivity index (χ3v) is 5.96. The maximum absolute atomic E-state index is 12.7. The van der Waals surface area contributed by atoms with Gasteiger partial charge in [0.2, 0.25) is 5.91 Å². The fourth-order valence-corrected chi connectivity index (χ4v) is 4.60. The van der Waals surface area contributed by atoms with Crippen LogP contribution in [0.4, 0.5) is 0 Å². The largest absolute Gasteiger partial charge is 0.338 e. The van der Waals surface area contributed by atoms with Crippen molar-refractivity contribution >= 4 is 18.3 Å². The average Bonchev–Trinajstić information content (AvgIpc) is 2.55. The molecule has 2 N–H and O–H groups in total. The Balaban J connectivity index is 0.00000176. The van der Waals surface area contributed by atoms with Crippen molar-refractivity contribution in [2.24, 2.45) is 17.6 Å². The van der Waals surface area contributed by atoms with Crippen LogP contribution in [0.15, 0.2) is 0 Å². The van der Waals surface area contributed by atoms with Crippen molar-refractivity contribution < 1.29 is 4.79 Å². The molecule has 3 aliphatic rings. The fourth-order valence-electron chi connectivity index (χ4n) is 4.60. The molecule has 4 nitrogen and oxygen atoms in total. The Morgan fingerprint density at radius 2 is 1.64 bits per heavy atom. The van der Waals surface area contributed by atoms with Crippen LogP contribution in [0.25, 0.3) is 0 Å². The summed E-state index contributed by atoms with van der Waals surface area (Å²) in [6.07, 6.45) is 10.1. The van der Waals surface area contributed by atoms with Crippen LogP contribution in [0.5, 0.6) is 0 Å². The lowest BCUT2D eigenvalue weighted by molar-refractivity contribution is -0.139. The molecule has 2 aliphatic heterocycles. The van der Waals surface area contributed by atoms with E-state index in [1.165, 1.54) is 38.5 Å². The normalized spacial score (nSPS) is 30.5. The third-order valence-electron chi connectivity index (χ3n) is 5.96. The van der Waals surface area contributed by atoms with Gasteiger partial charge in [0.05, 0.1) is 6.54 Å². The van der Waals surface area contributed by atoms with Crippen molar-refractivity contribution in [3.8, 4) is 0 Å². The Morgan fingerprint density at radius 3 is 2.36 bits per heavy atom. The van der Waals surface area contributed by atoms with E-state index in [2.05, 4.69) is 9.80 Å². The lowest BCUT2D eigenvalue weighted by atomic mass is 9.78. The van der Waals surface area contributed by atoms with Crippen LogP contribution in [0.1, 0.15) is 51.4 Å². The number of likely N-dealkylation sites (tertiary alicyclic amines) is 2. The van der Waals surface area contributed by atoms with Gasteiger partial charge in [0.25, 0.3) is 0 Å². The summed E-state index contributed by atoms with van der Waals surface area (Å²) >= 11 is 0. The highest BCUT2D eigenvalue weighted by molar-refractivity contribution is 5.85. The zero-order chi connectivity index (χ0) is 14.7. The highest BCUT2D eigenvalue weighted by Crippen LogP contribution is 2.35. The zero-order valence-electron chi connectivity index (χ0n) is 13.7. The molecule has 1 aliphatic carbocycles. The molecule has 1 saturated carbocycles. The van der Waals surface area contributed by atoms with Crippen LogP contribution in [0.3, 0.4) is 0 Å². The van der Waals surface area contributed by atoms with Crippen LogP contribution in [-0.2, 0) is 4.79 Å². The lowest BCUT2D eigenvalue weighted by Crippen LogP contribution is -2.53. The lowest BCUT2D eigenvalue weighted by Gasteiger charge is -2.45. The molecule has 2 atom stereocenters. The molecule has 2 heterocycles. The van der Waals surface area contributed by atoms with E-state index in [0.717, 1.165) is 44.9 Å². The zero-order valence-corrected chi connectivity index (χ0v) is 14.5. The minimum absolute atomic E-state index is 0. The molecule has 0 aromatic heterocycles. The molecule has 0 aromatic carbocycles. The van der Waals surface area contributed by atoms with Gasteiger partial charge in [-0.15, -0.1) is 12.4 Å². The van der Waals surface area contributed by atoms with Crippen molar-refractivity contribution in [3.05, 3.63) is 0 Å². The summed E-state index contributed by atoms with van der Waals surface area (Å²) in [7, 11) is 0. The van der Waals surface area contributed by atoms with Crippen molar-refractivity contribution in [1.29, 1.82) is 0 Å². The summed E-state index contributed by atoms with van der Waals surface area (Å²) < 4.78 is 0. The van der Waals surface area contributed by atoms with Crippen LogP contribution >= 0.6 is 12.4 Å². The Bertz CT molecular complexity index is 356.